The molecule has 0 aliphatic rings. The van der Waals surface area contributed by atoms with Crippen molar-refractivity contribution in [1.82, 2.24) is 4.90 Å². The summed E-state index contributed by atoms with van der Waals surface area (Å²) in [4.78, 5) is 16.5. The number of carbonyl (C=O) groups is 1. The van der Waals surface area contributed by atoms with Gasteiger partial charge < -0.3 is 4.90 Å². The van der Waals surface area contributed by atoms with Crippen LogP contribution in [0, 0.1) is 0 Å². The van der Waals surface area contributed by atoms with Gasteiger partial charge >= 0.3 is 0 Å². The Balaban J connectivity index is 1.88. The van der Waals surface area contributed by atoms with Crippen LogP contribution in [0.3, 0.4) is 0 Å². The molecule has 0 fully saturated rings. The van der Waals surface area contributed by atoms with Crippen LogP contribution < -0.4 is 0 Å². The quantitative estimate of drug-likeness (QED) is 0.772. The van der Waals surface area contributed by atoms with Crippen LogP contribution in [0.1, 0.15) is 23.1 Å². The number of rotatable bonds is 6. The van der Waals surface area contributed by atoms with Crippen molar-refractivity contribution in [2.45, 2.75) is 26.3 Å². The number of nitrogens with zero attached hydrogens (tertiary/aromatic N) is 1. The topological polar surface area (TPSA) is 20.3 Å². The number of hydrogen-bond donors (Lipinski definition) is 0. The van der Waals surface area contributed by atoms with E-state index in [0.29, 0.717) is 13.0 Å². The Morgan fingerprint density at radius 3 is 2.74 bits per heavy atom. The van der Waals surface area contributed by atoms with E-state index >= 15 is 0 Å². The molecule has 2 nitrogen and oxygen atoms in total. The van der Waals surface area contributed by atoms with Gasteiger partial charge in [0.1, 0.15) is 0 Å². The fraction of sp³-hybridized carbons (Fsp3) is 0.357. The molecular formula is C14H16ClNOS2. The summed E-state index contributed by atoms with van der Waals surface area (Å²) in [6, 6.07) is 7.97. The molecule has 2 aromatic heterocycles. The van der Waals surface area contributed by atoms with Crippen molar-refractivity contribution in [2.75, 3.05) is 6.54 Å². The zero-order valence-electron chi connectivity index (χ0n) is 10.8. The van der Waals surface area contributed by atoms with Crippen LogP contribution >= 0.6 is 34.3 Å². The summed E-state index contributed by atoms with van der Waals surface area (Å²) in [5.41, 5.74) is 0. The Kier molecular flexibility index (Phi) is 5.43. The highest BCUT2D eigenvalue weighted by atomic mass is 35.5. The Morgan fingerprint density at radius 2 is 2.16 bits per heavy atom. The maximum Gasteiger partial charge on any atom is 0.223 e. The second-order valence-corrected chi connectivity index (χ2v) is 7.02. The lowest BCUT2D eigenvalue weighted by molar-refractivity contribution is -0.131. The van der Waals surface area contributed by atoms with Gasteiger partial charge in [-0.1, -0.05) is 17.7 Å². The highest BCUT2D eigenvalue weighted by Gasteiger charge is 2.13. The van der Waals surface area contributed by atoms with E-state index in [4.69, 9.17) is 11.6 Å². The molecule has 0 spiro atoms. The number of thiophene rings is 2. The highest BCUT2D eigenvalue weighted by molar-refractivity contribution is 7.16. The van der Waals surface area contributed by atoms with E-state index in [1.54, 1.807) is 11.3 Å². The number of aryl methyl sites for hydroxylation is 1. The smallest absolute Gasteiger partial charge is 0.223 e. The number of amides is 1. The summed E-state index contributed by atoms with van der Waals surface area (Å²) in [6.45, 7) is 3.41. The average molecular weight is 314 g/mol. The van der Waals surface area contributed by atoms with Crippen LogP contribution in [0.2, 0.25) is 4.34 Å². The van der Waals surface area contributed by atoms with Gasteiger partial charge in [0.25, 0.3) is 0 Å². The predicted molar refractivity (Wildman–Crippen MR) is 83.1 cm³/mol. The van der Waals surface area contributed by atoms with E-state index in [1.807, 2.05) is 35.4 Å². The van der Waals surface area contributed by atoms with Gasteiger partial charge in [0, 0.05) is 22.7 Å². The van der Waals surface area contributed by atoms with Gasteiger partial charge in [-0.15, -0.1) is 22.7 Å². The van der Waals surface area contributed by atoms with Crippen LogP contribution in [-0.2, 0) is 17.8 Å². The molecule has 5 heteroatoms. The molecule has 1 amide bonds. The van der Waals surface area contributed by atoms with Crippen LogP contribution in [-0.4, -0.2) is 17.4 Å². The molecule has 2 rings (SSSR count). The Hall–Kier alpha value is -0.840. The predicted octanol–water partition coefficient (Wildman–Crippen LogP) is 4.44. The minimum atomic E-state index is 0.209. The van der Waals surface area contributed by atoms with Crippen molar-refractivity contribution in [3.63, 3.8) is 0 Å². The fourth-order valence-corrected chi connectivity index (χ4v) is 3.66. The highest BCUT2D eigenvalue weighted by Crippen LogP contribution is 2.23. The summed E-state index contributed by atoms with van der Waals surface area (Å²) in [5, 5.41) is 2.05. The van der Waals surface area contributed by atoms with Gasteiger partial charge in [0.15, 0.2) is 0 Å². The van der Waals surface area contributed by atoms with Crippen LogP contribution in [0.4, 0.5) is 0 Å². The van der Waals surface area contributed by atoms with Crippen molar-refractivity contribution >= 4 is 40.2 Å². The molecule has 2 aromatic rings. The van der Waals surface area contributed by atoms with Crippen molar-refractivity contribution in [2.24, 2.45) is 0 Å². The van der Waals surface area contributed by atoms with Crippen molar-refractivity contribution in [1.29, 1.82) is 0 Å². The molecule has 0 aliphatic carbocycles. The first-order chi connectivity index (χ1) is 9.19. The van der Waals surface area contributed by atoms with Crippen LogP contribution in [0.25, 0.3) is 0 Å². The van der Waals surface area contributed by atoms with E-state index in [-0.39, 0.29) is 5.91 Å². The fourth-order valence-electron chi connectivity index (χ4n) is 1.84. The first-order valence-electron chi connectivity index (χ1n) is 6.23. The second kappa shape index (κ2) is 7.08. The molecule has 0 radical (unpaired) electrons. The number of carbonyl (C=O) groups excluding carboxylic acids is 1. The third-order valence-corrected chi connectivity index (χ3v) is 5.03. The van der Waals surface area contributed by atoms with Gasteiger partial charge in [0.2, 0.25) is 5.91 Å². The maximum atomic E-state index is 12.2. The SMILES string of the molecule is CCN(Cc1ccc(Cl)s1)C(=O)CCc1cccs1. The van der Waals surface area contributed by atoms with E-state index in [9.17, 15) is 4.79 Å². The standard InChI is InChI=1S/C14H16ClNOS2/c1-2-16(10-12-5-7-13(15)19-12)14(17)8-6-11-4-3-9-18-11/h3-5,7,9H,2,6,8,10H2,1H3. The van der Waals surface area contributed by atoms with Crippen LogP contribution in [0.15, 0.2) is 29.6 Å². The molecule has 0 unspecified atom stereocenters. The summed E-state index contributed by atoms with van der Waals surface area (Å²) in [5.74, 6) is 0.209. The maximum absolute atomic E-state index is 12.2. The summed E-state index contributed by atoms with van der Waals surface area (Å²) in [7, 11) is 0. The molecule has 0 N–H and O–H groups in total. The zero-order valence-corrected chi connectivity index (χ0v) is 13.2. The largest absolute Gasteiger partial charge is 0.338 e. The van der Waals surface area contributed by atoms with Crippen molar-refractivity contribution in [3.05, 3.63) is 43.7 Å². The van der Waals surface area contributed by atoms with E-state index in [1.165, 1.54) is 16.2 Å². The lowest BCUT2D eigenvalue weighted by Gasteiger charge is -2.20. The van der Waals surface area contributed by atoms with Gasteiger partial charge in [-0.3, -0.25) is 4.79 Å². The Morgan fingerprint density at radius 1 is 1.32 bits per heavy atom. The number of halogens is 1. The molecule has 0 saturated heterocycles. The third-order valence-electron chi connectivity index (χ3n) is 2.88. The van der Waals surface area contributed by atoms with Gasteiger partial charge in [-0.25, -0.2) is 0 Å². The van der Waals surface area contributed by atoms with Gasteiger partial charge in [0.05, 0.1) is 10.9 Å². The van der Waals surface area contributed by atoms with Gasteiger partial charge in [-0.05, 0) is 36.9 Å². The second-order valence-electron chi connectivity index (χ2n) is 4.19. The molecule has 0 bridgehead atoms. The molecule has 102 valence electrons. The summed E-state index contributed by atoms with van der Waals surface area (Å²) >= 11 is 9.16. The normalized spacial score (nSPS) is 10.6. The Bertz CT molecular complexity index is 521. The lowest BCUT2D eigenvalue weighted by atomic mass is 10.2. The molecule has 2 heterocycles. The van der Waals surface area contributed by atoms with Crippen LogP contribution in [0.5, 0.6) is 0 Å². The lowest BCUT2D eigenvalue weighted by Crippen LogP contribution is -2.30. The first-order valence-corrected chi connectivity index (χ1v) is 8.31. The molecule has 0 aliphatic heterocycles. The first kappa shape index (κ1) is 14.6. The minimum absolute atomic E-state index is 0.209. The molecule has 0 atom stereocenters. The van der Waals surface area contributed by atoms with Crippen molar-refractivity contribution in [3.8, 4) is 0 Å². The molecule has 0 saturated carbocycles. The Labute approximate surface area is 126 Å². The summed E-state index contributed by atoms with van der Waals surface area (Å²) in [6.07, 6.45) is 1.41. The molecule has 19 heavy (non-hydrogen) atoms. The average Bonchev–Trinajstić information content (AvgIpc) is 3.04. The third kappa shape index (κ3) is 4.34. The molecular weight excluding hydrogens is 298 g/mol. The molecule has 0 aromatic carbocycles. The van der Waals surface area contributed by atoms with Gasteiger partial charge in [-0.2, -0.15) is 0 Å². The zero-order chi connectivity index (χ0) is 13.7. The minimum Gasteiger partial charge on any atom is -0.338 e. The monoisotopic (exact) mass is 313 g/mol. The van der Waals surface area contributed by atoms with E-state index in [0.717, 1.165) is 22.2 Å². The number of hydrogen-bond acceptors (Lipinski definition) is 3. The van der Waals surface area contributed by atoms with E-state index in [2.05, 4.69) is 6.07 Å². The summed E-state index contributed by atoms with van der Waals surface area (Å²) < 4.78 is 0.775. The van der Waals surface area contributed by atoms with E-state index < -0.39 is 0 Å². The van der Waals surface area contributed by atoms with Crippen molar-refractivity contribution < 1.29 is 4.79 Å².